The quantitative estimate of drug-likeness (QED) is 0.258. The van der Waals surface area contributed by atoms with Gasteiger partial charge in [-0.25, -0.2) is 0 Å². The van der Waals surface area contributed by atoms with Crippen molar-refractivity contribution in [2.24, 2.45) is 4.99 Å². The highest BCUT2D eigenvalue weighted by atomic mass is 127. The molecule has 0 radical (unpaired) electrons. The van der Waals surface area contributed by atoms with Crippen LogP contribution in [0.5, 0.6) is 0 Å². The first kappa shape index (κ1) is 24.7. The number of nitrogens with one attached hydrogen (secondary N) is 1. The Labute approximate surface area is 182 Å². The molecular formula is C20H30F3IN4. The van der Waals surface area contributed by atoms with Gasteiger partial charge in [0.1, 0.15) is 0 Å². The molecule has 1 aliphatic rings. The maximum Gasteiger partial charge on any atom is 0.389 e. The molecule has 0 saturated carbocycles. The van der Waals surface area contributed by atoms with Crippen LogP contribution in [0.25, 0.3) is 6.08 Å². The van der Waals surface area contributed by atoms with E-state index in [1.807, 2.05) is 18.2 Å². The molecule has 0 aromatic heterocycles. The second kappa shape index (κ2) is 13.0. The standard InChI is InChI=1S/C20H29F3N4.HI/c1-24-19(25-12-6-5-11-20(21,22)23)27-16-14-26(15-17-27)13-7-10-18-8-3-2-4-9-18;/h2-4,7-10H,5-6,11-17H2,1H3,(H,24,25);1H/b10-7+;. The van der Waals surface area contributed by atoms with E-state index in [4.69, 9.17) is 0 Å². The summed E-state index contributed by atoms with van der Waals surface area (Å²) < 4.78 is 36.5. The van der Waals surface area contributed by atoms with Crippen molar-refractivity contribution in [1.29, 1.82) is 0 Å². The van der Waals surface area contributed by atoms with Crippen LogP contribution in [0.3, 0.4) is 0 Å². The van der Waals surface area contributed by atoms with Gasteiger partial charge in [-0.1, -0.05) is 42.5 Å². The van der Waals surface area contributed by atoms with Gasteiger partial charge >= 0.3 is 6.18 Å². The van der Waals surface area contributed by atoms with Crippen molar-refractivity contribution in [3.8, 4) is 0 Å². The molecule has 0 unspecified atom stereocenters. The second-order valence-corrected chi connectivity index (χ2v) is 6.65. The fourth-order valence-corrected chi connectivity index (χ4v) is 3.03. The van der Waals surface area contributed by atoms with Crippen LogP contribution in [0.2, 0.25) is 0 Å². The molecule has 1 aromatic rings. The molecule has 0 amide bonds. The first-order valence-corrected chi connectivity index (χ1v) is 9.44. The summed E-state index contributed by atoms with van der Waals surface area (Å²) in [6.45, 7) is 5.03. The third-order valence-corrected chi connectivity index (χ3v) is 4.53. The number of hydrogen-bond acceptors (Lipinski definition) is 2. The molecule has 1 aromatic carbocycles. The van der Waals surface area contributed by atoms with Crippen molar-refractivity contribution >= 4 is 36.0 Å². The molecular weight excluding hydrogens is 480 g/mol. The summed E-state index contributed by atoms with van der Waals surface area (Å²) in [4.78, 5) is 8.81. The van der Waals surface area contributed by atoms with Gasteiger partial charge in [0.25, 0.3) is 0 Å². The number of rotatable bonds is 7. The highest BCUT2D eigenvalue weighted by Crippen LogP contribution is 2.21. The lowest BCUT2D eigenvalue weighted by Crippen LogP contribution is -2.52. The van der Waals surface area contributed by atoms with E-state index in [0.717, 1.165) is 38.7 Å². The van der Waals surface area contributed by atoms with Crippen LogP contribution in [0.15, 0.2) is 41.4 Å². The number of halogens is 4. The number of guanidine groups is 1. The van der Waals surface area contributed by atoms with Crippen molar-refractivity contribution in [2.75, 3.05) is 46.3 Å². The van der Waals surface area contributed by atoms with Gasteiger partial charge in [-0.3, -0.25) is 9.89 Å². The lowest BCUT2D eigenvalue weighted by molar-refractivity contribution is -0.135. The van der Waals surface area contributed by atoms with Crippen LogP contribution in [0, 0.1) is 0 Å². The summed E-state index contributed by atoms with van der Waals surface area (Å²) in [5.41, 5.74) is 1.20. The van der Waals surface area contributed by atoms with E-state index in [0.29, 0.717) is 13.0 Å². The predicted octanol–water partition coefficient (Wildman–Crippen LogP) is 4.24. The van der Waals surface area contributed by atoms with Crippen LogP contribution in [0.4, 0.5) is 13.2 Å². The molecule has 2 rings (SSSR count). The van der Waals surface area contributed by atoms with Crippen molar-refractivity contribution < 1.29 is 13.2 Å². The van der Waals surface area contributed by atoms with Gasteiger partial charge in [-0.05, 0) is 18.4 Å². The van der Waals surface area contributed by atoms with Crippen LogP contribution in [0.1, 0.15) is 24.8 Å². The summed E-state index contributed by atoms with van der Waals surface area (Å²) in [5.74, 6) is 0.779. The smallest absolute Gasteiger partial charge is 0.356 e. The van der Waals surface area contributed by atoms with E-state index in [1.165, 1.54) is 5.56 Å². The minimum atomic E-state index is -4.06. The highest BCUT2D eigenvalue weighted by Gasteiger charge is 2.26. The normalized spacial score (nSPS) is 16.3. The first-order chi connectivity index (χ1) is 13.0. The van der Waals surface area contributed by atoms with Crippen LogP contribution in [-0.4, -0.2) is 68.3 Å². The summed E-state index contributed by atoms with van der Waals surface area (Å²) in [6, 6.07) is 10.2. The molecule has 1 saturated heterocycles. The molecule has 0 bridgehead atoms. The van der Waals surface area contributed by atoms with Gasteiger partial charge in [0.15, 0.2) is 5.96 Å². The summed E-state index contributed by atoms with van der Waals surface area (Å²) in [5, 5.41) is 3.18. The van der Waals surface area contributed by atoms with Crippen LogP contribution < -0.4 is 5.32 Å². The van der Waals surface area contributed by atoms with Crippen molar-refractivity contribution in [3.63, 3.8) is 0 Å². The van der Waals surface area contributed by atoms with Gasteiger partial charge in [0.2, 0.25) is 0 Å². The number of alkyl halides is 3. The average molecular weight is 510 g/mol. The molecule has 1 aliphatic heterocycles. The molecule has 8 heteroatoms. The van der Waals surface area contributed by atoms with Crippen molar-refractivity contribution in [3.05, 3.63) is 42.0 Å². The number of benzene rings is 1. The minimum Gasteiger partial charge on any atom is -0.356 e. The fourth-order valence-electron chi connectivity index (χ4n) is 3.03. The van der Waals surface area contributed by atoms with Gasteiger partial charge in [0, 0.05) is 52.7 Å². The van der Waals surface area contributed by atoms with E-state index in [9.17, 15) is 13.2 Å². The Kier molecular flexibility index (Phi) is 11.5. The van der Waals surface area contributed by atoms with Gasteiger partial charge < -0.3 is 10.2 Å². The largest absolute Gasteiger partial charge is 0.389 e. The Bertz CT molecular complexity index is 597. The zero-order valence-corrected chi connectivity index (χ0v) is 18.6. The van der Waals surface area contributed by atoms with E-state index in [-0.39, 0.29) is 30.4 Å². The predicted molar refractivity (Wildman–Crippen MR) is 120 cm³/mol. The third kappa shape index (κ3) is 9.77. The molecule has 1 N–H and O–H groups in total. The maximum absolute atomic E-state index is 12.2. The SMILES string of the molecule is CN=C(NCCCCC(F)(F)F)N1CCN(C/C=C/c2ccccc2)CC1.I. The molecule has 0 atom stereocenters. The van der Waals surface area contributed by atoms with Crippen molar-refractivity contribution in [1.82, 2.24) is 15.1 Å². The minimum absolute atomic E-state index is 0. The van der Waals surface area contributed by atoms with Crippen LogP contribution in [-0.2, 0) is 0 Å². The fraction of sp³-hybridized carbons (Fsp3) is 0.550. The number of piperazine rings is 1. The summed E-state index contributed by atoms with van der Waals surface area (Å²) >= 11 is 0. The van der Waals surface area contributed by atoms with E-state index >= 15 is 0 Å². The first-order valence-electron chi connectivity index (χ1n) is 9.44. The Balaban J connectivity index is 0.00000392. The lowest BCUT2D eigenvalue weighted by Gasteiger charge is -2.36. The molecule has 1 fully saturated rings. The molecule has 0 spiro atoms. The molecule has 1 heterocycles. The highest BCUT2D eigenvalue weighted by molar-refractivity contribution is 14.0. The molecule has 28 heavy (non-hydrogen) atoms. The van der Waals surface area contributed by atoms with Gasteiger partial charge in [-0.15, -0.1) is 24.0 Å². The zero-order chi connectivity index (χ0) is 19.5. The van der Waals surface area contributed by atoms with Gasteiger partial charge in [0.05, 0.1) is 0 Å². The molecule has 0 aliphatic carbocycles. The Hall–Kier alpha value is -1.29. The zero-order valence-electron chi connectivity index (χ0n) is 16.3. The summed E-state index contributed by atoms with van der Waals surface area (Å²) in [6.07, 6.45) is 0.166. The maximum atomic E-state index is 12.2. The number of unbranched alkanes of at least 4 members (excludes halogenated alkanes) is 1. The topological polar surface area (TPSA) is 30.9 Å². The van der Waals surface area contributed by atoms with E-state index in [2.05, 4.69) is 44.4 Å². The Morgan fingerprint density at radius 2 is 1.79 bits per heavy atom. The van der Waals surface area contributed by atoms with Gasteiger partial charge in [-0.2, -0.15) is 13.2 Å². The number of aliphatic imine (C=N–C) groups is 1. The average Bonchev–Trinajstić information content (AvgIpc) is 2.65. The third-order valence-electron chi connectivity index (χ3n) is 4.53. The molecule has 158 valence electrons. The Morgan fingerprint density at radius 1 is 1.11 bits per heavy atom. The summed E-state index contributed by atoms with van der Waals surface area (Å²) in [7, 11) is 1.72. The monoisotopic (exact) mass is 510 g/mol. The van der Waals surface area contributed by atoms with Crippen LogP contribution >= 0.6 is 24.0 Å². The molecule has 4 nitrogen and oxygen atoms in total. The van der Waals surface area contributed by atoms with Crippen molar-refractivity contribution in [2.45, 2.75) is 25.4 Å². The van der Waals surface area contributed by atoms with E-state index in [1.54, 1.807) is 7.05 Å². The number of nitrogens with zero attached hydrogens (tertiary/aromatic N) is 3. The lowest BCUT2D eigenvalue weighted by atomic mass is 10.2. The number of hydrogen-bond donors (Lipinski definition) is 1. The second-order valence-electron chi connectivity index (χ2n) is 6.65. The Morgan fingerprint density at radius 3 is 2.39 bits per heavy atom. The van der Waals surface area contributed by atoms with E-state index < -0.39 is 12.6 Å².